The van der Waals surface area contributed by atoms with E-state index in [1.54, 1.807) is 12.2 Å². The van der Waals surface area contributed by atoms with E-state index in [9.17, 15) is 58.3 Å². The quantitative estimate of drug-likeness (QED) is 0.135. The zero-order chi connectivity index (χ0) is 31.7. The number of rotatable bonds is 8. The summed E-state index contributed by atoms with van der Waals surface area (Å²) in [6.45, 7) is 1.69. The molecule has 2 rings (SSSR count). The van der Waals surface area contributed by atoms with Crippen LogP contribution < -0.4 is 5.32 Å². The van der Waals surface area contributed by atoms with Gasteiger partial charge in [0.2, 0.25) is 5.78 Å². The van der Waals surface area contributed by atoms with Gasteiger partial charge in [0.15, 0.2) is 0 Å². The average molecular weight is 736 g/mol. The molecule has 0 aliphatic rings. The highest BCUT2D eigenvalue weighted by Crippen LogP contribution is 2.55. The molecule has 41 heavy (non-hydrogen) atoms. The van der Waals surface area contributed by atoms with E-state index in [0.717, 1.165) is 45.7 Å². The van der Waals surface area contributed by atoms with Crippen LogP contribution >= 0.6 is 34.4 Å². The van der Waals surface area contributed by atoms with Crippen LogP contribution in [-0.4, -0.2) is 54.0 Å². The summed E-state index contributed by atoms with van der Waals surface area (Å²) in [4.78, 5) is 36.5. The Kier molecular flexibility index (Phi) is 10.4. The number of amides is 2. The molecule has 18 heteroatoms. The molecule has 2 aromatic carbocycles. The number of anilines is 1. The predicted octanol–water partition coefficient (Wildman–Crippen LogP) is 7.17. The van der Waals surface area contributed by atoms with E-state index < -0.39 is 96.0 Å². The number of Topliss-reactive ketones (excluding diaryl/α,β-unsaturated/α-hetero) is 1. The number of nitrogens with one attached hydrogen (secondary N) is 1. The lowest BCUT2D eigenvalue weighted by Crippen LogP contribution is -2.50. The highest BCUT2D eigenvalue weighted by Gasteiger charge is 2.73. The molecule has 0 atom stereocenters. The van der Waals surface area contributed by atoms with Crippen molar-refractivity contribution in [3.05, 3.63) is 56.4 Å². The molecular formula is C23H16F11IN2O3S. The topological polar surface area (TPSA) is 66.5 Å². The Hall–Kier alpha value is -2.64. The van der Waals surface area contributed by atoms with Gasteiger partial charge in [-0.1, -0.05) is 12.1 Å². The first-order valence-electron chi connectivity index (χ1n) is 10.8. The van der Waals surface area contributed by atoms with Gasteiger partial charge in [0.25, 0.3) is 11.8 Å². The lowest BCUT2D eigenvalue weighted by molar-refractivity contribution is -0.348. The monoisotopic (exact) mass is 736 g/mol. The Bertz CT molecular complexity index is 1330. The number of thioether (sulfide) groups is 1. The molecule has 0 saturated heterocycles. The van der Waals surface area contributed by atoms with Crippen molar-refractivity contribution in [3.8, 4) is 0 Å². The third-order valence-corrected chi connectivity index (χ3v) is 7.06. The standard InChI is InChI=1S/C23H16F11IN2O3S/c1-3-37(2)19(40)14(38)7-10-5-4-6-12(16(10)24)18(39)36-17-13(35)8-11(9-15(17)41-23(32,33)34)20(25,21(26,27)28)22(29,30)31/h4-6,8-9H,3,7H2,1-2H3,(H,36,39). The minimum absolute atomic E-state index is 0.0567. The van der Waals surface area contributed by atoms with Crippen LogP contribution in [0.2, 0.25) is 0 Å². The molecule has 0 heterocycles. The van der Waals surface area contributed by atoms with Gasteiger partial charge in [-0.25, -0.2) is 8.78 Å². The van der Waals surface area contributed by atoms with Crippen LogP contribution in [0.4, 0.5) is 54.0 Å². The second-order valence-corrected chi connectivity index (χ2v) is 10.5. The van der Waals surface area contributed by atoms with Crippen molar-refractivity contribution in [2.24, 2.45) is 0 Å². The molecule has 0 fully saturated rings. The molecule has 2 aromatic rings. The summed E-state index contributed by atoms with van der Waals surface area (Å²) < 4.78 is 148. The van der Waals surface area contributed by atoms with E-state index in [-0.39, 0.29) is 18.7 Å². The number of ketones is 1. The lowest BCUT2D eigenvalue weighted by Gasteiger charge is -2.31. The summed E-state index contributed by atoms with van der Waals surface area (Å²) in [6, 6.07) is 2.48. The zero-order valence-electron chi connectivity index (χ0n) is 20.4. The number of hydrogen-bond acceptors (Lipinski definition) is 4. The van der Waals surface area contributed by atoms with Gasteiger partial charge in [-0.05, 0) is 65.0 Å². The Labute approximate surface area is 242 Å². The van der Waals surface area contributed by atoms with Crippen LogP contribution in [0.15, 0.2) is 35.2 Å². The summed E-state index contributed by atoms with van der Waals surface area (Å²) in [6.07, 6.45) is -14.1. The third-order valence-electron chi connectivity index (χ3n) is 5.43. The summed E-state index contributed by atoms with van der Waals surface area (Å²) in [5.41, 5.74) is -16.0. The number of benzene rings is 2. The van der Waals surface area contributed by atoms with Gasteiger partial charge in [0, 0.05) is 34.0 Å². The van der Waals surface area contributed by atoms with Crippen molar-refractivity contribution in [2.75, 3.05) is 18.9 Å². The van der Waals surface area contributed by atoms with Crippen molar-refractivity contribution in [2.45, 2.75) is 41.8 Å². The molecule has 5 nitrogen and oxygen atoms in total. The van der Waals surface area contributed by atoms with Crippen molar-refractivity contribution in [3.63, 3.8) is 0 Å². The summed E-state index contributed by atoms with van der Waals surface area (Å²) in [7, 11) is 1.29. The Morgan fingerprint density at radius 1 is 0.951 bits per heavy atom. The molecule has 0 spiro atoms. The number of carbonyl (C=O) groups is 3. The van der Waals surface area contributed by atoms with Crippen molar-refractivity contribution >= 4 is 57.6 Å². The molecule has 0 unspecified atom stereocenters. The lowest BCUT2D eigenvalue weighted by atomic mass is 9.94. The minimum Gasteiger partial charge on any atom is -0.339 e. The van der Waals surface area contributed by atoms with E-state index >= 15 is 4.39 Å². The second kappa shape index (κ2) is 12.3. The van der Waals surface area contributed by atoms with Gasteiger partial charge in [0.1, 0.15) is 5.82 Å². The Balaban J connectivity index is 2.59. The molecule has 0 saturated carbocycles. The molecule has 0 aliphatic heterocycles. The van der Waals surface area contributed by atoms with Crippen LogP contribution in [0.5, 0.6) is 0 Å². The number of nitrogens with zero attached hydrogens (tertiary/aromatic N) is 1. The van der Waals surface area contributed by atoms with E-state index in [1.165, 1.54) is 7.05 Å². The van der Waals surface area contributed by atoms with E-state index in [0.29, 0.717) is 0 Å². The van der Waals surface area contributed by atoms with Gasteiger partial charge in [-0.15, -0.1) is 0 Å². The number of halogens is 12. The maximum Gasteiger partial charge on any atom is 0.446 e. The van der Waals surface area contributed by atoms with Crippen LogP contribution in [0.1, 0.15) is 28.4 Å². The molecule has 2 amide bonds. The third kappa shape index (κ3) is 7.61. The first kappa shape index (κ1) is 34.6. The zero-order valence-corrected chi connectivity index (χ0v) is 23.4. The fraction of sp³-hybridized carbons (Fsp3) is 0.348. The van der Waals surface area contributed by atoms with Crippen molar-refractivity contribution < 1.29 is 62.7 Å². The first-order chi connectivity index (χ1) is 18.5. The molecule has 226 valence electrons. The summed E-state index contributed by atoms with van der Waals surface area (Å²) >= 11 is -0.264. The highest BCUT2D eigenvalue weighted by molar-refractivity contribution is 14.1. The Morgan fingerprint density at radius 2 is 1.51 bits per heavy atom. The van der Waals surface area contributed by atoms with Gasteiger partial charge < -0.3 is 10.2 Å². The fourth-order valence-electron chi connectivity index (χ4n) is 3.27. The highest BCUT2D eigenvalue weighted by atomic mass is 127. The maximum absolute atomic E-state index is 15.1. The molecule has 0 aromatic heterocycles. The smallest absolute Gasteiger partial charge is 0.339 e. The number of carbonyl (C=O) groups excluding carboxylic acids is 3. The molecule has 0 bridgehead atoms. The largest absolute Gasteiger partial charge is 0.446 e. The summed E-state index contributed by atoms with van der Waals surface area (Å²) in [5.74, 6) is -4.93. The first-order valence-corrected chi connectivity index (χ1v) is 12.7. The Morgan fingerprint density at radius 3 is 2.00 bits per heavy atom. The molecule has 0 aliphatic carbocycles. The number of alkyl halides is 10. The van der Waals surface area contributed by atoms with E-state index in [1.807, 2.05) is 0 Å². The van der Waals surface area contributed by atoms with Gasteiger partial charge >= 0.3 is 23.5 Å². The normalized spacial score (nSPS) is 12.7. The van der Waals surface area contributed by atoms with Gasteiger partial charge in [-0.2, -0.15) is 39.5 Å². The molecule has 0 radical (unpaired) electrons. The van der Waals surface area contributed by atoms with Crippen molar-refractivity contribution in [1.29, 1.82) is 0 Å². The maximum atomic E-state index is 15.1. The van der Waals surface area contributed by atoms with E-state index in [4.69, 9.17) is 0 Å². The van der Waals surface area contributed by atoms with Crippen LogP contribution in [0.25, 0.3) is 0 Å². The predicted molar refractivity (Wildman–Crippen MR) is 132 cm³/mol. The van der Waals surface area contributed by atoms with Gasteiger partial charge in [-0.3, -0.25) is 14.4 Å². The number of hydrogen-bond donors (Lipinski definition) is 1. The minimum atomic E-state index is -6.63. The fourth-order valence-corrected chi connectivity index (χ4v) is 4.91. The molecule has 1 N–H and O–H groups in total. The van der Waals surface area contributed by atoms with Crippen LogP contribution in [-0.2, 0) is 21.7 Å². The van der Waals surface area contributed by atoms with Crippen LogP contribution in [0.3, 0.4) is 0 Å². The molecular weight excluding hydrogens is 720 g/mol. The summed E-state index contributed by atoms with van der Waals surface area (Å²) in [5, 5.41) is 1.79. The van der Waals surface area contributed by atoms with Crippen LogP contribution in [0, 0.1) is 9.39 Å². The average Bonchev–Trinajstić information content (AvgIpc) is 2.83. The van der Waals surface area contributed by atoms with Crippen molar-refractivity contribution in [1.82, 2.24) is 4.90 Å². The second-order valence-electron chi connectivity index (χ2n) is 8.19. The SMILES string of the molecule is CCN(C)C(=O)C(=O)Cc1cccc(C(=O)Nc2c(I)cc(C(F)(C(F)(F)F)C(F)(F)F)cc2SC(F)(F)F)c1F. The van der Waals surface area contributed by atoms with E-state index in [2.05, 4.69) is 0 Å². The number of likely N-dealkylation sites (N-methyl/N-ethyl adjacent to an activating group) is 1. The van der Waals surface area contributed by atoms with Gasteiger partial charge in [0.05, 0.1) is 11.3 Å².